The zero-order valence-corrected chi connectivity index (χ0v) is 9.27. The van der Waals surface area contributed by atoms with E-state index in [9.17, 15) is 13.2 Å². The summed E-state index contributed by atoms with van der Waals surface area (Å²) in [6.07, 6.45) is -3.39. The highest BCUT2D eigenvalue weighted by atomic mass is 79.9. The number of alkyl halides is 3. The second-order valence-electron chi connectivity index (χ2n) is 2.86. The van der Waals surface area contributed by atoms with E-state index < -0.39 is 11.7 Å². The maximum atomic E-state index is 12.6. The molecule has 0 saturated heterocycles. The minimum atomic E-state index is -4.37. The number of hydrogen-bond donors (Lipinski definition) is 1. The molecule has 0 bridgehead atoms. The minimum Gasteiger partial charge on any atom is -0.327 e. The molecule has 2 N–H and O–H groups in total. The van der Waals surface area contributed by atoms with Gasteiger partial charge in [0, 0.05) is 11.0 Å². The van der Waals surface area contributed by atoms with Gasteiger partial charge in [0.05, 0.1) is 5.57 Å². The lowest BCUT2D eigenvalue weighted by Crippen LogP contribution is -2.12. The Labute approximate surface area is 93.9 Å². The molecule has 0 spiro atoms. The van der Waals surface area contributed by atoms with Gasteiger partial charge in [-0.15, -0.1) is 0 Å². The monoisotopic (exact) mass is 279 g/mol. The summed E-state index contributed by atoms with van der Waals surface area (Å²) in [7, 11) is 0. The normalized spacial score (nSPS) is 13.0. The van der Waals surface area contributed by atoms with E-state index in [4.69, 9.17) is 5.73 Å². The van der Waals surface area contributed by atoms with Crippen molar-refractivity contribution in [3.05, 3.63) is 40.4 Å². The zero-order valence-electron chi connectivity index (χ0n) is 7.68. The Balaban J connectivity index is 3.11. The van der Waals surface area contributed by atoms with Crippen molar-refractivity contribution in [1.29, 1.82) is 0 Å². The Morgan fingerprint density at radius 3 is 2.20 bits per heavy atom. The van der Waals surface area contributed by atoms with E-state index in [1.165, 1.54) is 12.1 Å². The van der Waals surface area contributed by atoms with Crippen molar-refractivity contribution in [2.45, 2.75) is 6.18 Å². The zero-order chi connectivity index (χ0) is 11.5. The smallest absolute Gasteiger partial charge is 0.327 e. The summed E-state index contributed by atoms with van der Waals surface area (Å²) in [4.78, 5) is 0. The minimum absolute atomic E-state index is 0.121. The molecule has 82 valence electrons. The van der Waals surface area contributed by atoms with E-state index in [0.29, 0.717) is 0 Å². The molecule has 1 aromatic carbocycles. The van der Waals surface area contributed by atoms with Gasteiger partial charge >= 0.3 is 6.18 Å². The summed E-state index contributed by atoms with van der Waals surface area (Å²) in [6, 6.07) is 5.93. The fraction of sp³-hybridized carbons (Fsp3) is 0.200. The lowest BCUT2D eigenvalue weighted by molar-refractivity contribution is -0.0690. The number of halogens is 4. The van der Waals surface area contributed by atoms with E-state index in [1.807, 2.05) is 0 Å². The van der Waals surface area contributed by atoms with Gasteiger partial charge in [-0.05, 0) is 17.7 Å². The molecule has 0 amide bonds. The molecule has 0 unspecified atom stereocenters. The van der Waals surface area contributed by atoms with Crippen LogP contribution in [-0.4, -0.2) is 12.7 Å². The van der Waals surface area contributed by atoms with Crippen LogP contribution in [0.5, 0.6) is 0 Å². The predicted molar refractivity (Wildman–Crippen MR) is 57.2 cm³/mol. The van der Waals surface area contributed by atoms with Crippen molar-refractivity contribution in [2.75, 3.05) is 6.54 Å². The lowest BCUT2D eigenvalue weighted by Gasteiger charge is -2.11. The van der Waals surface area contributed by atoms with Crippen LogP contribution >= 0.6 is 15.9 Å². The number of allylic oxidation sites excluding steroid dienone is 1. The first-order valence-corrected chi connectivity index (χ1v) is 4.98. The van der Waals surface area contributed by atoms with Crippen molar-refractivity contribution in [1.82, 2.24) is 0 Å². The van der Waals surface area contributed by atoms with E-state index in [-0.39, 0.29) is 12.1 Å². The summed E-state index contributed by atoms with van der Waals surface area (Å²) >= 11 is 3.16. The molecule has 0 aliphatic rings. The molecule has 0 saturated carbocycles. The SMILES string of the molecule is NC/C=C(\c1ccc(Br)cc1)C(F)(F)F. The predicted octanol–water partition coefficient (Wildman–Crippen LogP) is 3.35. The molecule has 0 fully saturated rings. The van der Waals surface area contributed by atoms with Gasteiger partial charge in [0.15, 0.2) is 0 Å². The second-order valence-corrected chi connectivity index (χ2v) is 3.77. The van der Waals surface area contributed by atoms with Crippen LogP contribution in [0.4, 0.5) is 13.2 Å². The quantitative estimate of drug-likeness (QED) is 0.883. The molecule has 0 atom stereocenters. The van der Waals surface area contributed by atoms with Gasteiger partial charge in [-0.3, -0.25) is 0 Å². The molecule has 0 aliphatic heterocycles. The van der Waals surface area contributed by atoms with Gasteiger partial charge in [-0.2, -0.15) is 13.2 Å². The topological polar surface area (TPSA) is 26.0 Å². The molecule has 0 heterocycles. The fourth-order valence-corrected chi connectivity index (χ4v) is 1.41. The number of hydrogen-bond acceptors (Lipinski definition) is 1. The van der Waals surface area contributed by atoms with Gasteiger partial charge in [-0.1, -0.05) is 34.1 Å². The first kappa shape index (κ1) is 12.3. The Bertz CT molecular complexity index is 354. The summed E-state index contributed by atoms with van der Waals surface area (Å²) in [6.45, 7) is -0.134. The highest BCUT2D eigenvalue weighted by Crippen LogP contribution is 2.33. The van der Waals surface area contributed by atoms with Gasteiger partial charge in [0.25, 0.3) is 0 Å². The molecule has 0 aromatic heterocycles. The van der Waals surface area contributed by atoms with Gasteiger partial charge in [0.2, 0.25) is 0 Å². The van der Waals surface area contributed by atoms with Gasteiger partial charge in [-0.25, -0.2) is 0 Å². The average Bonchev–Trinajstić information content (AvgIpc) is 2.14. The molecular weight excluding hydrogens is 271 g/mol. The summed E-state index contributed by atoms with van der Waals surface area (Å²) in [5.41, 5.74) is 4.53. The summed E-state index contributed by atoms with van der Waals surface area (Å²) in [5.74, 6) is 0. The summed E-state index contributed by atoms with van der Waals surface area (Å²) < 4.78 is 38.4. The molecule has 0 radical (unpaired) electrons. The maximum absolute atomic E-state index is 12.6. The van der Waals surface area contributed by atoms with Crippen LogP contribution in [0.2, 0.25) is 0 Å². The second kappa shape index (κ2) is 4.81. The van der Waals surface area contributed by atoms with Crippen LogP contribution in [0.3, 0.4) is 0 Å². The van der Waals surface area contributed by atoms with E-state index in [1.54, 1.807) is 12.1 Å². The van der Waals surface area contributed by atoms with Crippen molar-refractivity contribution in [3.8, 4) is 0 Å². The van der Waals surface area contributed by atoms with E-state index in [2.05, 4.69) is 15.9 Å². The Hall–Kier alpha value is -0.810. The van der Waals surface area contributed by atoms with Crippen LogP contribution in [-0.2, 0) is 0 Å². The fourth-order valence-electron chi connectivity index (χ4n) is 1.14. The van der Waals surface area contributed by atoms with Crippen LogP contribution < -0.4 is 5.73 Å². The van der Waals surface area contributed by atoms with Crippen LogP contribution in [0.15, 0.2) is 34.8 Å². The third-order valence-corrected chi connectivity index (χ3v) is 2.31. The maximum Gasteiger partial charge on any atom is 0.416 e. The lowest BCUT2D eigenvalue weighted by atomic mass is 10.1. The third kappa shape index (κ3) is 3.35. The highest BCUT2D eigenvalue weighted by Gasteiger charge is 2.34. The van der Waals surface area contributed by atoms with E-state index in [0.717, 1.165) is 10.5 Å². The molecule has 15 heavy (non-hydrogen) atoms. The Morgan fingerprint density at radius 1 is 1.27 bits per heavy atom. The standard InChI is InChI=1S/C10H9BrF3N/c11-8-3-1-7(2-4-8)9(5-6-15)10(12,13)14/h1-5H,6,15H2/b9-5+. The molecule has 1 nitrogen and oxygen atoms in total. The first-order valence-electron chi connectivity index (χ1n) is 4.18. The van der Waals surface area contributed by atoms with Crippen molar-refractivity contribution < 1.29 is 13.2 Å². The first-order chi connectivity index (χ1) is 6.95. The molecule has 0 aliphatic carbocycles. The van der Waals surface area contributed by atoms with Crippen molar-refractivity contribution in [3.63, 3.8) is 0 Å². The van der Waals surface area contributed by atoms with Crippen LogP contribution in [0, 0.1) is 0 Å². The van der Waals surface area contributed by atoms with Gasteiger partial charge < -0.3 is 5.73 Å². The summed E-state index contributed by atoms with van der Waals surface area (Å²) in [5, 5.41) is 0. The number of benzene rings is 1. The Morgan fingerprint density at radius 2 is 1.80 bits per heavy atom. The number of nitrogens with two attached hydrogens (primary N) is 1. The molecule has 1 rings (SSSR count). The molecular formula is C10H9BrF3N. The largest absolute Gasteiger partial charge is 0.416 e. The third-order valence-electron chi connectivity index (χ3n) is 1.78. The van der Waals surface area contributed by atoms with Crippen LogP contribution in [0.1, 0.15) is 5.56 Å². The highest BCUT2D eigenvalue weighted by molar-refractivity contribution is 9.10. The molecule has 5 heteroatoms. The van der Waals surface area contributed by atoms with Crippen LogP contribution in [0.25, 0.3) is 5.57 Å². The average molecular weight is 280 g/mol. The Kier molecular flexibility index (Phi) is 3.93. The van der Waals surface area contributed by atoms with Crippen molar-refractivity contribution in [2.24, 2.45) is 5.73 Å². The van der Waals surface area contributed by atoms with E-state index >= 15 is 0 Å². The molecule has 1 aromatic rings. The van der Waals surface area contributed by atoms with Gasteiger partial charge in [0.1, 0.15) is 0 Å². The van der Waals surface area contributed by atoms with Crippen molar-refractivity contribution >= 4 is 21.5 Å². The number of rotatable bonds is 2.